The smallest absolute Gasteiger partial charge is 0.416 e. The third-order valence-electron chi connectivity index (χ3n) is 21.3. The molecule has 0 aliphatic heterocycles. The lowest BCUT2D eigenvalue weighted by molar-refractivity contribution is -0.143. The minimum absolute atomic E-state index is 0. The van der Waals surface area contributed by atoms with Gasteiger partial charge in [0, 0.05) is 53.2 Å². The second-order valence-electron chi connectivity index (χ2n) is 32.5. The van der Waals surface area contributed by atoms with Crippen LogP contribution in [0.2, 0.25) is 0 Å². The van der Waals surface area contributed by atoms with E-state index in [0.29, 0.717) is 97.1 Å². The monoisotopic (exact) mass is 1820 g/mol. The van der Waals surface area contributed by atoms with Crippen LogP contribution in [0.25, 0.3) is 0 Å². The summed E-state index contributed by atoms with van der Waals surface area (Å²) >= 11 is 0. The SMILES string of the molecule is C.CC(C)CCc1cccnc1OCCO.CC(CCc1ccc(F)cc1OCCO)CC(F)(F)F.CCC(C)CCc1c(NS(C)(=O)=O)cccc1OCCO.CCC(C)CCc1c(OCCO)cccc1C(F)(F)F.CCC(C)CCc1ccc(O)cc1OCCO.CCC(C)CCc1cccnc1OCCO.CCC1CCc2cccc(OC(C)CO)c2C1. The number of phenols is 1. The highest BCUT2D eigenvalue weighted by molar-refractivity contribution is 7.92. The zero-order valence-corrected chi connectivity index (χ0v) is 77.8. The highest BCUT2D eigenvalue weighted by Crippen LogP contribution is 2.39. The van der Waals surface area contributed by atoms with Crippen LogP contribution in [0.3, 0.4) is 0 Å². The Kier molecular flexibility index (Phi) is 60.9. The second kappa shape index (κ2) is 66.2. The van der Waals surface area contributed by atoms with Gasteiger partial charge >= 0.3 is 12.4 Å². The quantitative estimate of drug-likeness (QED) is 0.0160. The van der Waals surface area contributed by atoms with E-state index in [0.717, 1.165) is 123 Å². The van der Waals surface area contributed by atoms with Crippen molar-refractivity contribution >= 4 is 15.7 Å². The Bertz CT molecular complexity index is 4150. The number of aromatic nitrogens is 2. The fourth-order valence-corrected chi connectivity index (χ4v) is 13.5. The topological polar surface area (TPSA) is 298 Å². The van der Waals surface area contributed by atoms with Crippen molar-refractivity contribution in [2.24, 2.45) is 41.4 Å². The van der Waals surface area contributed by atoms with Crippen molar-refractivity contribution in [2.75, 3.05) is 96.9 Å². The van der Waals surface area contributed by atoms with Gasteiger partial charge in [-0.3, -0.25) is 4.72 Å². The highest BCUT2D eigenvalue weighted by atomic mass is 32.2. The number of pyridine rings is 2. The first-order chi connectivity index (χ1) is 60.0. The van der Waals surface area contributed by atoms with Gasteiger partial charge in [-0.2, -0.15) is 26.3 Å². The van der Waals surface area contributed by atoms with E-state index in [4.69, 9.17) is 68.9 Å². The van der Waals surface area contributed by atoms with Crippen molar-refractivity contribution in [3.8, 4) is 46.3 Å². The molecule has 0 spiro atoms. The number of hydrogen-bond acceptors (Lipinski definition) is 19. The molecule has 7 aromatic rings. The van der Waals surface area contributed by atoms with Gasteiger partial charge in [0.15, 0.2) is 0 Å². The molecule has 0 saturated carbocycles. The van der Waals surface area contributed by atoms with Crippen LogP contribution in [-0.2, 0) is 67.6 Å². The molecule has 2 heterocycles. The number of rotatable bonds is 47. The number of halogens is 7. The molecule has 7 atom stereocenters. The molecule has 0 fully saturated rings. The highest BCUT2D eigenvalue weighted by Gasteiger charge is 2.35. The van der Waals surface area contributed by atoms with Gasteiger partial charge in [0.1, 0.15) is 86.1 Å². The number of hydrogen-bond donors (Lipinski definition) is 9. The molecule has 1 aliphatic rings. The van der Waals surface area contributed by atoms with E-state index >= 15 is 0 Å². The Hall–Kier alpha value is -8.22. The minimum Gasteiger partial charge on any atom is -0.508 e. The van der Waals surface area contributed by atoms with Gasteiger partial charge in [0.05, 0.1) is 63.8 Å². The molecule has 20 nitrogen and oxygen atoms in total. The third kappa shape index (κ3) is 50.5. The Morgan fingerprint density at radius 2 is 0.890 bits per heavy atom. The van der Waals surface area contributed by atoms with Crippen LogP contribution in [0.1, 0.15) is 231 Å². The van der Waals surface area contributed by atoms with E-state index < -0.39 is 46.1 Å². The van der Waals surface area contributed by atoms with Crippen LogP contribution in [0.4, 0.5) is 36.4 Å². The van der Waals surface area contributed by atoms with Crippen molar-refractivity contribution in [1.29, 1.82) is 0 Å². The summed E-state index contributed by atoms with van der Waals surface area (Å²) in [6.07, 6.45) is 14.0. The molecule has 1 aliphatic carbocycles. The standard InChI is InChI=1S/C15H21F3O2.C15H25NO4S.C15H22O2.C14H18F4O2.C14H22O3.C13H21NO2.C12H19NO2.CH4/c1-3-11(2)7-8-12-13(15(16,17)18)5-4-6-14(12)20-10-9-19;1-4-12(2)8-9-13-14(16-21(3,18)19)6-5-7-15(13)20-11-10-17;1-3-12-7-8-13-5-4-6-15(14(13)9-12)17-11(2)10-16;1-10(9-14(16,17)18)2-3-11-4-5-12(15)8-13(11)20-7-6-19;1-3-11(2)4-5-12-6-7-13(16)10-14(12)17-9-8-15;1-3-11(2)6-7-12-5-4-8-14-13(12)16-10-9-15;1-10(2)5-6-11-4-3-7-13-12(11)15-9-8-14;/h4-6,11,19H,3,7-10H2,1-2H3;5-7,12,16-17H,4,8-11H2,1-3H3;4-6,11-12,16H,3,7-10H2,1-2H3;4-5,8,10,19H,2-3,6-7,9H2,1H3;6-7,10-11,15-16H,3-5,8-9H2,1-2H3;4-5,8,11,15H,3,6-7,9-10H2,1-2H3;3-4,7,10,14H,5-6,8-9H2,1-2H3;1H4. The number of aliphatic hydroxyl groups excluding tert-OH is 7. The Balaban J connectivity index is 0.000000742. The van der Waals surface area contributed by atoms with Gasteiger partial charge in [0.2, 0.25) is 21.8 Å². The molecule has 0 radical (unpaired) electrons. The molecule has 720 valence electrons. The molecule has 28 heteroatoms. The molecule has 7 unspecified atom stereocenters. The number of nitrogens with zero attached hydrogens (tertiary/aromatic N) is 2. The number of fused-ring (bicyclic) bond motifs is 1. The molecule has 0 saturated heterocycles. The average Bonchev–Trinajstić information content (AvgIpc) is 0.807. The first-order valence-electron chi connectivity index (χ1n) is 44.6. The molecule has 127 heavy (non-hydrogen) atoms. The summed E-state index contributed by atoms with van der Waals surface area (Å²) in [5.41, 5.74) is 7.74. The van der Waals surface area contributed by atoms with Crippen LogP contribution in [0.15, 0.2) is 128 Å². The van der Waals surface area contributed by atoms with Gasteiger partial charge in [-0.15, -0.1) is 0 Å². The Morgan fingerprint density at radius 3 is 1.35 bits per heavy atom. The summed E-state index contributed by atoms with van der Waals surface area (Å²) in [6, 6.07) is 32.5. The minimum atomic E-state index is -4.39. The molecule has 8 rings (SSSR count). The summed E-state index contributed by atoms with van der Waals surface area (Å²) < 4.78 is 152. The lowest BCUT2D eigenvalue weighted by Crippen LogP contribution is -2.20. The summed E-state index contributed by atoms with van der Waals surface area (Å²) in [7, 11) is -3.34. The first-order valence-corrected chi connectivity index (χ1v) is 46.5. The summed E-state index contributed by atoms with van der Waals surface area (Å²) in [5, 5.41) is 71.0. The maximum absolute atomic E-state index is 13.1. The molecular formula is C99H152F7N3O17S. The zero-order chi connectivity index (χ0) is 94.1. The average molecular weight is 1820 g/mol. The fourth-order valence-electron chi connectivity index (χ4n) is 12.9. The fraction of sp³-hybridized carbons (Fsp3) is 0.596. The molecule has 2 aromatic heterocycles. The number of aryl methyl sites for hydroxylation is 5. The second-order valence-corrected chi connectivity index (χ2v) is 34.2. The predicted molar refractivity (Wildman–Crippen MR) is 493 cm³/mol. The number of phenolic OH excluding ortho intramolecular Hbond substituents is 1. The van der Waals surface area contributed by atoms with Gasteiger partial charge in [-0.1, -0.05) is 171 Å². The van der Waals surface area contributed by atoms with Crippen molar-refractivity contribution in [3.05, 3.63) is 184 Å². The number of aliphatic hydroxyl groups is 7. The summed E-state index contributed by atoms with van der Waals surface area (Å²) in [5.74, 6) is 7.12. The molecule has 5 aromatic carbocycles. The number of sulfonamides is 1. The maximum Gasteiger partial charge on any atom is 0.416 e. The Morgan fingerprint density at radius 1 is 0.472 bits per heavy atom. The van der Waals surface area contributed by atoms with Gasteiger partial charge in [0.25, 0.3) is 0 Å². The largest absolute Gasteiger partial charge is 0.508 e. The summed E-state index contributed by atoms with van der Waals surface area (Å²) in [6.45, 7) is 28.0. The number of benzene rings is 5. The van der Waals surface area contributed by atoms with E-state index in [1.165, 1.54) is 80.5 Å². The lowest BCUT2D eigenvalue weighted by Gasteiger charge is -2.26. The van der Waals surface area contributed by atoms with Crippen molar-refractivity contribution in [3.63, 3.8) is 0 Å². The first kappa shape index (κ1) is 117. The summed E-state index contributed by atoms with van der Waals surface area (Å²) in [4.78, 5) is 8.35. The van der Waals surface area contributed by atoms with Crippen molar-refractivity contribution in [2.45, 2.75) is 251 Å². The number of nitrogens with one attached hydrogen (secondary N) is 1. The van der Waals surface area contributed by atoms with E-state index in [1.54, 1.807) is 42.7 Å². The number of aromatic hydroxyl groups is 1. The van der Waals surface area contributed by atoms with Crippen LogP contribution in [0.5, 0.6) is 46.3 Å². The van der Waals surface area contributed by atoms with Gasteiger partial charge < -0.3 is 74.0 Å². The number of anilines is 1. The molecule has 9 N–H and O–H groups in total. The van der Waals surface area contributed by atoms with E-state index in [2.05, 4.69) is 89.1 Å². The number of ether oxygens (including phenoxy) is 7. The Labute approximate surface area is 753 Å². The third-order valence-corrected chi connectivity index (χ3v) is 21.9. The molecular weight excluding hydrogens is 1670 g/mol. The van der Waals surface area contributed by atoms with Crippen LogP contribution < -0.4 is 37.9 Å². The predicted octanol–water partition coefficient (Wildman–Crippen LogP) is 21.0. The lowest BCUT2D eigenvalue weighted by atomic mass is 9.82. The van der Waals surface area contributed by atoms with Gasteiger partial charge in [-0.25, -0.2) is 22.8 Å². The molecule has 0 bridgehead atoms. The normalized spacial score (nSPS) is 13.6. The van der Waals surface area contributed by atoms with E-state index in [9.17, 15) is 44.3 Å². The van der Waals surface area contributed by atoms with E-state index in [-0.39, 0.29) is 109 Å². The van der Waals surface area contributed by atoms with Crippen LogP contribution >= 0.6 is 0 Å². The molecule has 0 amide bonds. The zero-order valence-electron chi connectivity index (χ0n) is 77.0. The van der Waals surface area contributed by atoms with Crippen LogP contribution in [0, 0.1) is 47.2 Å². The maximum atomic E-state index is 13.1. The number of alkyl halides is 6. The van der Waals surface area contributed by atoms with Gasteiger partial charge in [-0.05, 0) is 222 Å². The van der Waals surface area contributed by atoms with E-state index in [1.807, 2.05) is 57.2 Å². The van der Waals surface area contributed by atoms with Crippen molar-refractivity contribution in [1.82, 2.24) is 9.97 Å². The van der Waals surface area contributed by atoms with Crippen molar-refractivity contribution < 1.29 is 113 Å². The van der Waals surface area contributed by atoms with Crippen LogP contribution in [-0.4, -0.2) is 164 Å².